The van der Waals surface area contributed by atoms with Crippen molar-refractivity contribution >= 4 is 93.7 Å². The van der Waals surface area contributed by atoms with Crippen LogP contribution in [0.4, 0.5) is 48.6 Å². The highest BCUT2D eigenvalue weighted by Gasteiger charge is 2.26. The molecule has 0 fully saturated rings. The molecule has 0 aliphatic carbocycles. The number of hydrogen-bond acceptors (Lipinski definition) is 3. The minimum Gasteiger partial charge on any atom is -0.317 e. The molecule has 6 heteroatoms. The smallest absolute Gasteiger partial charge is 0.210 e. The summed E-state index contributed by atoms with van der Waals surface area (Å²) in [4.78, 5) is 7.59. The molecular formula is C62H36F2N4. The molecule has 0 bridgehead atoms. The van der Waals surface area contributed by atoms with Crippen LogP contribution in [0.5, 0.6) is 0 Å². The van der Waals surface area contributed by atoms with Crippen molar-refractivity contribution in [1.82, 2.24) is 0 Å². The van der Waals surface area contributed by atoms with Gasteiger partial charge >= 0.3 is 0 Å². The largest absolute Gasteiger partial charge is 0.317 e. The number of para-hydroxylation sites is 3. The van der Waals surface area contributed by atoms with Crippen LogP contribution in [0.25, 0.3) is 81.0 Å². The van der Waals surface area contributed by atoms with E-state index in [9.17, 15) is 5.26 Å². The van der Waals surface area contributed by atoms with Crippen molar-refractivity contribution in [2.24, 2.45) is 0 Å². The second-order valence-corrected chi connectivity index (χ2v) is 16.9. The Balaban J connectivity index is 1.05. The summed E-state index contributed by atoms with van der Waals surface area (Å²) in [6.45, 7) is 8.19. The molecule has 12 rings (SSSR count). The molecule has 0 aliphatic heterocycles. The average Bonchev–Trinajstić information content (AvgIpc) is 3.39. The van der Waals surface area contributed by atoms with Gasteiger partial charge in [-0.25, -0.2) is 13.6 Å². The lowest BCUT2D eigenvalue weighted by Gasteiger charge is -2.30. The molecule has 12 aromatic carbocycles. The van der Waals surface area contributed by atoms with E-state index in [0.29, 0.717) is 39.7 Å². The van der Waals surface area contributed by atoms with Crippen LogP contribution in [-0.2, 0) is 0 Å². The zero-order chi connectivity index (χ0) is 45.9. The van der Waals surface area contributed by atoms with Crippen molar-refractivity contribution in [3.63, 3.8) is 0 Å². The van der Waals surface area contributed by atoms with Crippen molar-refractivity contribution in [3.8, 4) is 28.3 Å². The number of hydrogen-bond donors (Lipinski definition) is 0. The van der Waals surface area contributed by atoms with Gasteiger partial charge in [0.05, 0.1) is 46.3 Å². The maximum atomic E-state index is 17.1. The number of fused-ring (bicyclic) bond motifs is 2. The van der Waals surface area contributed by atoms with E-state index >= 15 is 8.78 Å². The number of benzene rings is 12. The molecule has 4 nitrogen and oxygen atoms in total. The van der Waals surface area contributed by atoms with E-state index in [1.165, 1.54) is 0 Å². The number of nitrogens with zero attached hydrogens (tertiary/aromatic N) is 4. The van der Waals surface area contributed by atoms with Crippen molar-refractivity contribution < 1.29 is 8.78 Å². The Morgan fingerprint density at radius 2 is 0.765 bits per heavy atom. The Bertz CT molecular complexity index is 3810. The normalized spacial score (nSPS) is 11.4. The van der Waals surface area contributed by atoms with E-state index in [0.717, 1.165) is 76.1 Å². The zero-order valence-corrected chi connectivity index (χ0v) is 36.3. The molecule has 318 valence electrons. The van der Waals surface area contributed by atoms with Gasteiger partial charge < -0.3 is 9.80 Å². The summed E-state index contributed by atoms with van der Waals surface area (Å²) >= 11 is 0. The summed E-state index contributed by atoms with van der Waals surface area (Å²) in [6.07, 6.45) is 0. The maximum Gasteiger partial charge on any atom is 0.210 e. The number of halogens is 2. The molecule has 0 unspecified atom stereocenters. The van der Waals surface area contributed by atoms with E-state index in [1.807, 2.05) is 137 Å². The monoisotopic (exact) mass is 874 g/mol. The minimum atomic E-state index is -0.445. The molecule has 0 heterocycles. The summed E-state index contributed by atoms with van der Waals surface area (Å²) < 4.78 is 34.1. The number of nitriles is 1. The standard InChI is InChI=1S/C62H36F2N4/c1-66-54-15-7-9-17-60(54)68(59-33-27-48(37-53(59)64)46-21-19-40-11-3-5-13-44(40)35-46)57-31-25-42-22-28-50-56(30-24-41-23-29-51(57)62(42)61(41)50)67(55-16-8-6-14-49(55)38-65)58-32-26-47(36-52(58)63)45-20-18-39-10-2-4-12-43(39)34-45/h2-37H. The van der Waals surface area contributed by atoms with Gasteiger partial charge in [-0.05, 0) is 132 Å². The fourth-order valence-electron chi connectivity index (χ4n) is 9.92. The van der Waals surface area contributed by atoms with Gasteiger partial charge in [0.25, 0.3) is 0 Å². The SMILES string of the molecule is [C-]#[N+]c1ccccc1N(c1ccc(-c2ccc3ccccc3c2)cc1F)c1ccc2ccc3c(N(c4ccc(-c5ccc6ccccc6c5)cc4F)c4ccccc4C#N)ccc4ccc1c2c43. The molecule has 0 atom stereocenters. The van der Waals surface area contributed by atoms with Gasteiger partial charge in [-0.2, -0.15) is 5.26 Å². The van der Waals surface area contributed by atoms with E-state index in [2.05, 4.69) is 65.5 Å². The molecule has 0 saturated heterocycles. The summed E-state index contributed by atoms with van der Waals surface area (Å²) in [5.74, 6) is -0.886. The molecule has 0 aliphatic rings. The second kappa shape index (κ2) is 16.3. The fraction of sp³-hybridized carbons (Fsp3) is 0. The highest BCUT2D eigenvalue weighted by Crippen LogP contribution is 2.50. The molecule has 0 radical (unpaired) electrons. The molecule has 0 aromatic heterocycles. The van der Waals surface area contributed by atoms with E-state index < -0.39 is 11.6 Å². The van der Waals surface area contributed by atoms with Crippen LogP contribution >= 0.6 is 0 Å². The van der Waals surface area contributed by atoms with Crippen LogP contribution in [-0.4, -0.2) is 0 Å². The quantitative estimate of drug-likeness (QED) is 0.113. The van der Waals surface area contributed by atoms with Crippen molar-refractivity contribution in [2.45, 2.75) is 0 Å². The van der Waals surface area contributed by atoms with Gasteiger partial charge in [0.2, 0.25) is 5.69 Å². The lowest BCUT2D eigenvalue weighted by atomic mass is 9.91. The number of rotatable bonds is 8. The van der Waals surface area contributed by atoms with Crippen molar-refractivity contribution in [3.05, 3.63) is 247 Å². The van der Waals surface area contributed by atoms with Gasteiger partial charge in [-0.3, -0.25) is 0 Å². The first-order chi connectivity index (χ1) is 33.4. The molecule has 12 aromatic rings. The molecule has 0 spiro atoms. The van der Waals surface area contributed by atoms with Crippen LogP contribution in [0, 0.1) is 29.5 Å². The summed E-state index contributed by atoms with van der Waals surface area (Å²) in [6, 6.07) is 72.2. The average molecular weight is 875 g/mol. The van der Waals surface area contributed by atoms with E-state index in [4.69, 9.17) is 6.57 Å². The minimum absolute atomic E-state index is 0.289. The molecule has 68 heavy (non-hydrogen) atoms. The summed E-state index contributed by atoms with van der Waals surface area (Å²) in [5.41, 5.74) is 7.05. The van der Waals surface area contributed by atoms with Crippen LogP contribution in [0.2, 0.25) is 0 Å². The van der Waals surface area contributed by atoms with Crippen LogP contribution < -0.4 is 9.80 Å². The predicted molar refractivity (Wildman–Crippen MR) is 276 cm³/mol. The van der Waals surface area contributed by atoms with Crippen LogP contribution in [0.1, 0.15) is 5.56 Å². The number of anilines is 6. The van der Waals surface area contributed by atoms with Gasteiger partial charge in [0.1, 0.15) is 17.7 Å². The first kappa shape index (κ1) is 40.2. The fourth-order valence-corrected chi connectivity index (χ4v) is 9.92. The third kappa shape index (κ3) is 6.63. The predicted octanol–water partition coefficient (Wildman–Crippen LogP) is 17.9. The molecule has 0 amide bonds. The van der Waals surface area contributed by atoms with Gasteiger partial charge in [-0.15, -0.1) is 0 Å². The summed E-state index contributed by atoms with van der Waals surface area (Å²) in [7, 11) is 0. The third-order valence-corrected chi connectivity index (χ3v) is 13.2. The first-order valence-corrected chi connectivity index (χ1v) is 22.3. The maximum absolute atomic E-state index is 17.1. The zero-order valence-electron chi connectivity index (χ0n) is 36.3. The lowest BCUT2D eigenvalue weighted by Crippen LogP contribution is -2.14. The Labute approximate surface area is 391 Å². The van der Waals surface area contributed by atoms with E-state index in [-0.39, 0.29) is 5.69 Å². The lowest BCUT2D eigenvalue weighted by molar-refractivity contribution is 0.629. The Morgan fingerprint density at radius 1 is 0.368 bits per heavy atom. The van der Waals surface area contributed by atoms with E-state index in [1.54, 1.807) is 36.4 Å². The Morgan fingerprint density at radius 3 is 1.28 bits per heavy atom. The highest BCUT2D eigenvalue weighted by atomic mass is 19.1. The van der Waals surface area contributed by atoms with Crippen molar-refractivity contribution in [2.75, 3.05) is 9.80 Å². The molecular weight excluding hydrogens is 839 g/mol. The second-order valence-electron chi connectivity index (χ2n) is 16.9. The van der Waals surface area contributed by atoms with Crippen molar-refractivity contribution in [1.29, 1.82) is 5.26 Å². The molecule has 0 N–H and O–H groups in total. The van der Waals surface area contributed by atoms with Gasteiger partial charge in [0.15, 0.2) is 0 Å². The topological polar surface area (TPSA) is 34.6 Å². The highest BCUT2D eigenvalue weighted by molar-refractivity contribution is 6.28. The van der Waals surface area contributed by atoms with Gasteiger partial charge in [-0.1, -0.05) is 152 Å². The van der Waals surface area contributed by atoms with Crippen LogP contribution in [0.15, 0.2) is 218 Å². The summed E-state index contributed by atoms with van der Waals surface area (Å²) in [5, 5.41) is 20.3. The first-order valence-electron chi connectivity index (χ1n) is 22.3. The van der Waals surface area contributed by atoms with Gasteiger partial charge in [0, 0.05) is 10.8 Å². The molecule has 0 saturated carbocycles. The Hall–Kier alpha value is -9.36. The van der Waals surface area contributed by atoms with Crippen LogP contribution in [0.3, 0.4) is 0 Å². The Kier molecular flexibility index (Phi) is 9.61. The third-order valence-electron chi connectivity index (χ3n) is 13.2.